The third-order valence-electron chi connectivity index (χ3n) is 10.7. The molecule has 0 heterocycles. The monoisotopic (exact) mass is 893 g/mol. The van der Waals surface area contributed by atoms with Gasteiger partial charge in [0, 0.05) is 19.6 Å². The van der Waals surface area contributed by atoms with Crippen molar-refractivity contribution in [1.82, 2.24) is 0 Å². The summed E-state index contributed by atoms with van der Waals surface area (Å²) in [5, 5.41) is 0. The second-order valence-corrected chi connectivity index (χ2v) is 18.0. The molecule has 0 aromatic carbocycles. The number of quaternary nitrogens is 2. The summed E-state index contributed by atoms with van der Waals surface area (Å²) in [6.45, 7) is 10.5. The van der Waals surface area contributed by atoms with Gasteiger partial charge in [-0.3, -0.25) is 0 Å². The predicted molar refractivity (Wildman–Crippen MR) is 233 cm³/mol. The van der Waals surface area contributed by atoms with E-state index in [1.807, 2.05) is 0 Å². The van der Waals surface area contributed by atoms with E-state index >= 15 is 0 Å². The molecule has 1 unspecified atom stereocenters. The Balaban J connectivity index is -0.0000130. The summed E-state index contributed by atoms with van der Waals surface area (Å²) in [6.07, 6.45) is 50.3. The highest BCUT2D eigenvalue weighted by Gasteiger charge is 2.24. The van der Waals surface area contributed by atoms with E-state index in [2.05, 4.69) is 73.4 Å². The fraction of sp³-hybridized carbons (Fsp3) is 0.917. The number of allylic oxidation sites excluding steroid dienone is 4. The first-order chi connectivity index (χ1) is 25.2. The van der Waals surface area contributed by atoms with Crippen molar-refractivity contribution in [2.75, 3.05) is 74.7 Å². The van der Waals surface area contributed by atoms with E-state index in [1.165, 1.54) is 206 Å². The predicted octanol–water partition coefficient (Wildman–Crippen LogP) is 8.03. The Hall–Kier alpha value is 0.280. The van der Waals surface area contributed by atoms with Crippen LogP contribution in [-0.2, 0) is 9.47 Å². The molecule has 54 heavy (non-hydrogen) atoms. The Kier molecular flexibility index (Phi) is 48.2. The molecule has 0 rings (SSSR count). The standard InChI is InChI=1S/C48H98N2O2.2BrH/c1-8-10-12-14-16-18-20-22-24-26-27-29-31-33-35-37-39-44-51-47-48(46-50(6,7)43-41-42-49(3,4)5)52-45-40-38-36-34-32-30-28-25-23-21-19-17-15-13-11-9-2;;/h23-26,48H,8-22,27-47H2,1-7H3;2*1H/q+2;;/p-2/b25-23+,26-24+;;. The Bertz CT molecular complexity index is 768. The topological polar surface area (TPSA) is 18.5 Å². The average molecular weight is 895 g/mol. The Morgan fingerprint density at radius 3 is 1.15 bits per heavy atom. The first-order valence-electron chi connectivity index (χ1n) is 23.3. The fourth-order valence-corrected chi connectivity index (χ4v) is 7.21. The molecule has 0 saturated carbocycles. The van der Waals surface area contributed by atoms with E-state index in [1.54, 1.807) is 0 Å². The molecule has 0 N–H and O–H groups in total. The lowest BCUT2D eigenvalue weighted by atomic mass is 10.1. The normalized spacial score (nSPS) is 12.8. The number of unbranched alkanes of at least 4 members (excludes halogenated alkanes) is 25. The van der Waals surface area contributed by atoms with E-state index in [-0.39, 0.29) is 40.1 Å². The lowest BCUT2D eigenvalue weighted by molar-refractivity contribution is -0.904. The SMILES string of the molecule is CCCCCCCC/C=C/CCCCCCCCOC(COCCCCCCCC/C=C/CCCCCCCCC)C[N+](C)(C)CCC[N+](C)(C)C.[Br-].[Br-]. The third kappa shape index (κ3) is 48.4. The minimum Gasteiger partial charge on any atom is -1.00 e. The maximum atomic E-state index is 6.52. The molecule has 0 spiro atoms. The van der Waals surface area contributed by atoms with Crippen molar-refractivity contribution >= 4 is 0 Å². The van der Waals surface area contributed by atoms with Gasteiger partial charge < -0.3 is 52.4 Å². The summed E-state index contributed by atoms with van der Waals surface area (Å²) in [5.74, 6) is 0. The molecule has 0 radical (unpaired) electrons. The third-order valence-corrected chi connectivity index (χ3v) is 10.7. The molecule has 326 valence electrons. The molecule has 1 atom stereocenters. The number of nitrogens with zero attached hydrogens (tertiary/aromatic N) is 2. The zero-order chi connectivity index (χ0) is 38.3. The van der Waals surface area contributed by atoms with Crippen molar-refractivity contribution in [3.05, 3.63) is 24.3 Å². The minimum absolute atomic E-state index is 0. The summed E-state index contributed by atoms with van der Waals surface area (Å²) in [6, 6.07) is 0. The second kappa shape index (κ2) is 44.4. The molecule has 0 amide bonds. The highest BCUT2D eigenvalue weighted by atomic mass is 79.9. The number of halogens is 2. The lowest BCUT2D eigenvalue weighted by Crippen LogP contribution is -3.00. The zero-order valence-corrected chi connectivity index (χ0v) is 41.0. The summed E-state index contributed by atoms with van der Waals surface area (Å²) in [5.41, 5.74) is 0. The number of hydrogen-bond donors (Lipinski definition) is 0. The molecule has 0 aromatic heterocycles. The quantitative estimate of drug-likeness (QED) is 0.0352. The minimum atomic E-state index is 0. The van der Waals surface area contributed by atoms with E-state index in [0.717, 1.165) is 35.3 Å². The molecule has 0 bridgehead atoms. The summed E-state index contributed by atoms with van der Waals surface area (Å²) in [7, 11) is 11.6. The smallest absolute Gasteiger partial charge is 0.130 e. The van der Waals surface area contributed by atoms with Crippen LogP contribution in [0.5, 0.6) is 0 Å². The largest absolute Gasteiger partial charge is 1.00 e. The fourth-order valence-electron chi connectivity index (χ4n) is 7.21. The first-order valence-corrected chi connectivity index (χ1v) is 23.3. The summed E-state index contributed by atoms with van der Waals surface area (Å²) < 4.78 is 14.8. The van der Waals surface area contributed by atoms with Gasteiger partial charge in [-0.2, -0.15) is 0 Å². The van der Waals surface area contributed by atoms with Crippen molar-refractivity contribution in [3.8, 4) is 0 Å². The lowest BCUT2D eigenvalue weighted by Gasteiger charge is -2.34. The molecular weight excluding hydrogens is 796 g/mol. The molecule has 0 aromatic rings. The molecule has 0 fully saturated rings. The first kappa shape index (κ1) is 58.6. The van der Waals surface area contributed by atoms with Crippen LogP contribution in [-0.4, -0.2) is 89.8 Å². The zero-order valence-electron chi connectivity index (χ0n) is 37.8. The number of likely N-dealkylation sites (N-methyl/N-ethyl adjacent to an activating group) is 1. The van der Waals surface area contributed by atoms with Crippen molar-refractivity contribution in [2.45, 2.75) is 213 Å². The van der Waals surface area contributed by atoms with Crippen molar-refractivity contribution in [1.29, 1.82) is 0 Å². The van der Waals surface area contributed by atoms with Gasteiger partial charge in [-0.15, -0.1) is 0 Å². The summed E-state index contributed by atoms with van der Waals surface area (Å²) >= 11 is 0. The van der Waals surface area contributed by atoms with E-state index < -0.39 is 0 Å². The van der Waals surface area contributed by atoms with E-state index in [9.17, 15) is 0 Å². The highest BCUT2D eigenvalue weighted by molar-refractivity contribution is 4.82. The van der Waals surface area contributed by atoms with E-state index in [0.29, 0.717) is 0 Å². The maximum Gasteiger partial charge on any atom is 0.130 e. The molecule has 6 heteroatoms. The van der Waals surface area contributed by atoms with Crippen LogP contribution in [0.4, 0.5) is 0 Å². The van der Waals surface area contributed by atoms with Crippen LogP contribution < -0.4 is 34.0 Å². The van der Waals surface area contributed by atoms with Crippen LogP contribution in [0.25, 0.3) is 0 Å². The number of rotatable bonds is 42. The van der Waals surface area contributed by atoms with Crippen LogP contribution in [0.1, 0.15) is 206 Å². The van der Waals surface area contributed by atoms with Gasteiger partial charge in [-0.05, 0) is 64.2 Å². The Morgan fingerprint density at radius 1 is 0.407 bits per heavy atom. The molecule has 0 aliphatic carbocycles. The van der Waals surface area contributed by atoms with Crippen LogP contribution in [0.15, 0.2) is 24.3 Å². The number of hydrogen-bond acceptors (Lipinski definition) is 2. The Morgan fingerprint density at radius 2 is 0.759 bits per heavy atom. The van der Waals surface area contributed by atoms with Crippen LogP contribution in [0, 0.1) is 0 Å². The molecule has 0 aliphatic heterocycles. The van der Waals surface area contributed by atoms with E-state index in [4.69, 9.17) is 9.47 Å². The van der Waals surface area contributed by atoms with Gasteiger partial charge in [0.05, 0.1) is 54.9 Å². The molecule has 4 nitrogen and oxygen atoms in total. The van der Waals surface area contributed by atoms with Gasteiger partial charge in [0.25, 0.3) is 0 Å². The molecule has 0 saturated heterocycles. The average Bonchev–Trinajstić information content (AvgIpc) is 3.09. The van der Waals surface area contributed by atoms with Gasteiger partial charge in [0.2, 0.25) is 0 Å². The van der Waals surface area contributed by atoms with Gasteiger partial charge in [0.1, 0.15) is 12.6 Å². The van der Waals surface area contributed by atoms with Crippen molar-refractivity contribution in [2.24, 2.45) is 0 Å². The van der Waals surface area contributed by atoms with Gasteiger partial charge in [-0.1, -0.05) is 160 Å². The van der Waals surface area contributed by atoms with Crippen molar-refractivity contribution in [3.63, 3.8) is 0 Å². The van der Waals surface area contributed by atoms with Crippen LogP contribution in [0.2, 0.25) is 0 Å². The van der Waals surface area contributed by atoms with Gasteiger partial charge in [-0.25, -0.2) is 0 Å². The Labute approximate surface area is 362 Å². The second-order valence-electron chi connectivity index (χ2n) is 18.0. The maximum absolute atomic E-state index is 6.52. The highest BCUT2D eigenvalue weighted by Crippen LogP contribution is 2.14. The van der Waals surface area contributed by atoms with Gasteiger partial charge in [0.15, 0.2) is 0 Å². The molecular formula is C48H98Br2N2O2. The molecule has 0 aliphatic rings. The van der Waals surface area contributed by atoms with Crippen LogP contribution >= 0.6 is 0 Å². The van der Waals surface area contributed by atoms with Crippen molar-refractivity contribution < 1.29 is 52.4 Å². The summed E-state index contributed by atoms with van der Waals surface area (Å²) in [4.78, 5) is 0. The number of ether oxygens (including phenoxy) is 2. The van der Waals surface area contributed by atoms with Gasteiger partial charge >= 0.3 is 0 Å². The van der Waals surface area contributed by atoms with Crippen LogP contribution in [0.3, 0.4) is 0 Å².